The lowest BCUT2D eigenvalue weighted by molar-refractivity contribution is 0.0798. The van der Waals surface area contributed by atoms with Crippen LogP contribution in [0.3, 0.4) is 0 Å². The lowest BCUT2D eigenvalue weighted by Gasteiger charge is -2.29. The summed E-state index contributed by atoms with van der Waals surface area (Å²) in [7, 11) is -1.10. The van der Waals surface area contributed by atoms with Crippen molar-refractivity contribution in [1.29, 1.82) is 0 Å². The van der Waals surface area contributed by atoms with Gasteiger partial charge in [-0.05, 0) is 29.8 Å². The average Bonchev–Trinajstić information content (AvgIpc) is 3.49. The third kappa shape index (κ3) is 6.53. The molecule has 0 saturated carbocycles. The molecule has 1 fully saturated rings. The Morgan fingerprint density at radius 2 is 1.97 bits per heavy atom. The molecule has 0 bridgehead atoms. The van der Waals surface area contributed by atoms with Gasteiger partial charge in [0.05, 0.1) is 5.69 Å². The highest BCUT2D eigenvalue weighted by molar-refractivity contribution is 6.76. The Bertz CT molecular complexity index is 1140. The first-order chi connectivity index (χ1) is 17.4. The Morgan fingerprint density at radius 1 is 1.11 bits per heavy atom. The molecule has 8 nitrogen and oxygen atoms in total. The van der Waals surface area contributed by atoms with Crippen LogP contribution in [0.5, 0.6) is 17.4 Å². The van der Waals surface area contributed by atoms with Gasteiger partial charge in [-0.2, -0.15) is 5.10 Å². The maximum Gasteiger partial charge on any atom is 0.219 e. The molecule has 0 spiro atoms. The summed E-state index contributed by atoms with van der Waals surface area (Å²) < 4.78 is 20.0. The average molecular weight is 508 g/mol. The maximum absolute atomic E-state index is 6.25. The van der Waals surface area contributed by atoms with Gasteiger partial charge >= 0.3 is 0 Å². The normalized spacial score (nSPS) is 18.1. The van der Waals surface area contributed by atoms with Crippen LogP contribution in [0.4, 0.5) is 0 Å². The zero-order valence-electron chi connectivity index (χ0n) is 21.6. The number of rotatable bonds is 10. The van der Waals surface area contributed by atoms with E-state index in [0.29, 0.717) is 12.6 Å². The van der Waals surface area contributed by atoms with Gasteiger partial charge in [0, 0.05) is 83.9 Å². The molecule has 4 heterocycles. The molecule has 0 aliphatic carbocycles. The van der Waals surface area contributed by atoms with Gasteiger partial charge in [0.15, 0.2) is 0 Å². The molecule has 0 radical (unpaired) electrons. The summed E-state index contributed by atoms with van der Waals surface area (Å²) in [4.78, 5) is 7.01. The van der Waals surface area contributed by atoms with E-state index < -0.39 is 8.07 Å². The lowest BCUT2D eigenvalue weighted by atomic mass is 10.1. The fourth-order valence-corrected chi connectivity index (χ4v) is 5.31. The van der Waals surface area contributed by atoms with E-state index in [1.54, 1.807) is 6.20 Å². The van der Waals surface area contributed by atoms with E-state index in [4.69, 9.17) is 14.2 Å². The number of fused-ring (bicyclic) bond motifs is 1. The topological polar surface area (TPSA) is 73.7 Å². The lowest BCUT2D eigenvalue weighted by Crippen LogP contribution is -2.47. The fourth-order valence-electron chi connectivity index (χ4n) is 4.55. The smallest absolute Gasteiger partial charge is 0.219 e. The van der Waals surface area contributed by atoms with Gasteiger partial charge in [-0.25, -0.2) is 9.67 Å². The first kappa shape index (κ1) is 24.9. The number of aromatic nitrogens is 3. The van der Waals surface area contributed by atoms with Gasteiger partial charge in [0.1, 0.15) is 24.3 Å². The van der Waals surface area contributed by atoms with Crippen LogP contribution < -0.4 is 14.8 Å². The molecule has 2 aliphatic heterocycles. The second-order valence-electron chi connectivity index (χ2n) is 10.8. The molecular formula is C27H37N5O3Si. The molecule has 1 saturated heterocycles. The van der Waals surface area contributed by atoms with E-state index in [2.05, 4.69) is 46.0 Å². The molecule has 2 aromatic heterocycles. The monoisotopic (exact) mass is 507 g/mol. The molecule has 1 atom stereocenters. The van der Waals surface area contributed by atoms with Crippen molar-refractivity contribution in [1.82, 2.24) is 25.0 Å². The Kier molecular flexibility index (Phi) is 7.71. The Balaban J connectivity index is 1.16. The van der Waals surface area contributed by atoms with E-state index in [1.807, 2.05) is 41.2 Å². The second kappa shape index (κ2) is 11.1. The number of piperazine rings is 1. The summed E-state index contributed by atoms with van der Waals surface area (Å²) in [5.41, 5.74) is 3.19. The Labute approximate surface area is 214 Å². The van der Waals surface area contributed by atoms with Crippen molar-refractivity contribution in [2.24, 2.45) is 0 Å². The summed E-state index contributed by atoms with van der Waals surface area (Å²) in [6, 6.07) is 13.1. The minimum atomic E-state index is -1.10. The van der Waals surface area contributed by atoms with Crippen molar-refractivity contribution < 1.29 is 14.2 Å². The largest absolute Gasteiger partial charge is 0.488 e. The van der Waals surface area contributed by atoms with E-state index in [0.717, 1.165) is 74.6 Å². The molecule has 1 N–H and O–H groups in total. The number of ether oxygens (including phenoxy) is 3. The van der Waals surface area contributed by atoms with Gasteiger partial charge in [-0.3, -0.25) is 4.90 Å². The molecule has 36 heavy (non-hydrogen) atoms. The minimum Gasteiger partial charge on any atom is -0.488 e. The van der Waals surface area contributed by atoms with Crippen molar-refractivity contribution in [3.63, 3.8) is 0 Å². The van der Waals surface area contributed by atoms with Gasteiger partial charge < -0.3 is 19.5 Å². The first-order valence-electron chi connectivity index (χ1n) is 12.9. The Morgan fingerprint density at radius 3 is 2.75 bits per heavy atom. The van der Waals surface area contributed by atoms with Crippen LogP contribution in [0.2, 0.25) is 25.7 Å². The summed E-state index contributed by atoms with van der Waals surface area (Å²) in [6.45, 7) is 13.5. The van der Waals surface area contributed by atoms with E-state index in [1.165, 1.54) is 5.56 Å². The van der Waals surface area contributed by atoms with Crippen molar-refractivity contribution in [3.8, 4) is 28.6 Å². The number of nitrogens with one attached hydrogen (secondary N) is 1. The van der Waals surface area contributed by atoms with Gasteiger partial charge in [-0.1, -0.05) is 25.7 Å². The minimum absolute atomic E-state index is 0.204. The van der Waals surface area contributed by atoms with Crippen LogP contribution in [0, 0.1) is 0 Å². The van der Waals surface area contributed by atoms with Gasteiger partial charge in [-0.15, -0.1) is 0 Å². The highest BCUT2D eigenvalue weighted by Gasteiger charge is 2.26. The van der Waals surface area contributed by atoms with Crippen molar-refractivity contribution in [3.05, 3.63) is 54.4 Å². The summed E-state index contributed by atoms with van der Waals surface area (Å²) in [6.07, 6.45) is 4.76. The van der Waals surface area contributed by atoms with Crippen LogP contribution >= 0.6 is 0 Å². The molecule has 9 heteroatoms. The van der Waals surface area contributed by atoms with E-state index >= 15 is 0 Å². The van der Waals surface area contributed by atoms with Gasteiger partial charge in [0.2, 0.25) is 5.88 Å². The third-order valence-corrected chi connectivity index (χ3v) is 8.34. The summed E-state index contributed by atoms with van der Waals surface area (Å²) in [5, 5.41) is 7.82. The highest BCUT2D eigenvalue weighted by Crippen LogP contribution is 2.34. The molecule has 0 amide bonds. The number of pyridine rings is 1. The van der Waals surface area contributed by atoms with Crippen molar-refractivity contribution >= 4 is 8.07 Å². The van der Waals surface area contributed by atoms with E-state index in [-0.39, 0.29) is 6.10 Å². The predicted octanol–water partition coefficient (Wildman–Crippen LogP) is 4.26. The molecule has 1 aromatic carbocycles. The third-order valence-electron chi connectivity index (χ3n) is 6.63. The second-order valence-corrected chi connectivity index (χ2v) is 16.4. The van der Waals surface area contributed by atoms with Crippen LogP contribution in [0.15, 0.2) is 48.8 Å². The maximum atomic E-state index is 6.25. The molecule has 192 valence electrons. The first-order valence-corrected chi connectivity index (χ1v) is 16.6. The zero-order chi connectivity index (χ0) is 25.0. The van der Waals surface area contributed by atoms with Crippen LogP contribution in [0.1, 0.15) is 5.56 Å². The number of hydrogen-bond acceptors (Lipinski definition) is 7. The Hall–Kier alpha value is -2.72. The van der Waals surface area contributed by atoms with Crippen LogP contribution in [0.25, 0.3) is 11.3 Å². The SMILES string of the molecule is C[Si](C)(C)CCOCn1nccc1-c1ccc(Oc2ccc3c(c2)OC(CN2CCNCC2)C3)nc1. The van der Waals surface area contributed by atoms with Crippen LogP contribution in [-0.4, -0.2) is 73.2 Å². The quantitative estimate of drug-likeness (QED) is 0.325. The van der Waals surface area contributed by atoms with E-state index in [9.17, 15) is 0 Å². The number of benzene rings is 1. The summed E-state index contributed by atoms with van der Waals surface area (Å²) >= 11 is 0. The molecular weight excluding hydrogens is 470 g/mol. The van der Waals surface area contributed by atoms with Crippen molar-refractivity contribution in [2.75, 3.05) is 39.3 Å². The van der Waals surface area contributed by atoms with Crippen molar-refractivity contribution in [2.45, 2.75) is 44.9 Å². The fraction of sp³-hybridized carbons (Fsp3) is 0.481. The molecule has 5 rings (SSSR count). The number of hydrogen-bond donors (Lipinski definition) is 1. The molecule has 1 unspecified atom stereocenters. The standard InChI is InChI=1S/C27H37N5O3Si/c1-36(2,3)15-14-33-20-32-25(8-9-30-32)22-5-7-27(29-18-22)35-23-6-4-21-16-24(34-26(21)17-23)19-31-12-10-28-11-13-31/h4-9,17-18,24,28H,10-16,19-20H2,1-3H3. The molecule has 2 aliphatic rings. The molecule has 3 aromatic rings. The van der Waals surface area contributed by atoms with Gasteiger partial charge in [0.25, 0.3) is 0 Å². The summed E-state index contributed by atoms with van der Waals surface area (Å²) in [5.74, 6) is 2.20. The van der Waals surface area contributed by atoms with Crippen LogP contribution in [-0.2, 0) is 17.9 Å². The predicted molar refractivity (Wildman–Crippen MR) is 144 cm³/mol. The zero-order valence-corrected chi connectivity index (χ0v) is 22.6. The number of nitrogens with zero attached hydrogens (tertiary/aromatic N) is 4. The highest BCUT2D eigenvalue weighted by atomic mass is 28.3.